The number of ether oxygens (including phenoxy) is 1. The molecule has 1 aliphatic carbocycles. The molecule has 2 saturated heterocycles. The molecule has 2 aromatic carbocycles. The molecule has 1 amide bonds. The summed E-state index contributed by atoms with van der Waals surface area (Å²) in [6.45, 7) is 13.1. The van der Waals surface area contributed by atoms with Crippen molar-refractivity contribution in [3.8, 4) is 22.4 Å². The topological polar surface area (TPSA) is 97.1 Å². The molecule has 0 unspecified atom stereocenters. The van der Waals surface area contributed by atoms with Crippen molar-refractivity contribution < 1.29 is 9.53 Å². The van der Waals surface area contributed by atoms with Gasteiger partial charge in [0.2, 0.25) is 5.91 Å². The van der Waals surface area contributed by atoms with Crippen LogP contribution in [0.1, 0.15) is 30.1 Å². The van der Waals surface area contributed by atoms with Crippen LogP contribution < -0.4 is 0 Å². The van der Waals surface area contributed by atoms with E-state index in [0.717, 1.165) is 108 Å². The molecule has 1 spiro atoms. The zero-order chi connectivity index (χ0) is 31.0. The van der Waals surface area contributed by atoms with E-state index in [4.69, 9.17) is 26.5 Å². The fourth-order valence-corrected chi connectivity index (χ4v) is 7.93. The van der Waals surface area contributed by atoms with Gasteiger partial charge in [0.1, 0.15) is 5.69 Å². The van der Waals surface area contributed by atoms with Gasteiger partial charge in [0.15, 0.2) is 0 Å². The highest BCUT2D eigenvalue weighted by atomic mass is 35.5. The number of carbonyl (C=O) groups excluding carboxylic acids is 1. The second kappa shape index (κ2) is 10.5. The van der Waals surface area contributed by atoms with E-state index in [9.17, 15) is 4.79 Å². The number of benzene rings is 2. The van der Waals surface area contributed by atoms with E-state index in [1.165, 1.54) is 6.08 Å². The van der Waals surface area contributed by atoms with E-state index in [1.54, 1.807) is 7.11 Å². The van der Waals surface area contributed by atoms with Gasteiger partial charge in [-0.25, -0.2) is 0 Å². The zero-order valence-electron chi connectivity index (χ0n) is 25.9. The Bertz CT molecular complexity index is 1970. The third-order valence-electron chi connectivity index (χ3n) is 10.2. The van der Waals surface area contributed by atoms with Gasteiger partial charge in [-0.15, -0.1) is 0 Å². The summed E-state index contributed by atoms with van der Waals surface area (Å²) in [5.74, 6) is 0.0149. The Morgan fingerprint density at radius 2 is 1.96 bits per heavy atom. The van der Waals surface area contributed by atoms with Crippen LogP contribution in [-0.4, -0.2) is 91.4 Å². The van der Waals surface area contributed by atoms with Crippen LogP contribution in [0.5, 0.6) is 0 Å². The first-order valence-electron chi connectivity index (χ1n) is 15.6. The number of rotatable bonds is 8. The van der Waals surface area contributed by atoms with E-state index in [0.29, 0.717) is 11.1 Å². The molecular weight excluding hydrogens is 588 g/mol. The minimum atomic E-state index is 0.0149. The summed E-state index contributed by atoms with van der Waals surface area (Å²) in [6.07, 6.45) is 7.73. The van der Waals surface area contributed by atoms with E-state index < -0.39 is 0 Å². The fourth-order valence-electron chi connectivity index (χ4n) is 7.68. The van der Waals surface area contributed by atoms with Crippen molar-refractivity contribution in [2.45, 2.75) is 45.4 Å². The number of aryl methyl sites for hydroxylation is 1. The molecule has 5 aromatic rings. The van der Waals surface area contributed by atoms with Gasteiger partial charge in [0, 0.05) is 84.6 Å². The normalized spacial score (nSPS) is 18.4. The molecule has 3 aromatic heterocycles. The van der Waals surface area contributed by atoms with E-state index >= 15 is 0 Å². The Morgan fingerprint density at radius 3 is 2.71 bits per heavy atom. The lowest BCUT2D eigenvalue weighted by atomic mass is 9.60. The monoisotopic (exact) mass is 624 g/mol. The summed E-state index contributed by atoms with van der Waals surface area (Å²) < 4.78 is 9.66. The molecule has 3 aliphatic rings. The number of methoxy groups -OCH3 is 1. The first-order chi connectivity index (χ1) is 21.8. The Kier molecular flexibility index (Phi) is 6.67. The number of H-pyrrole nitrogens is 1. The second-order valence-corrected chi connectivity index (χ2v) is 13.6. The number of fused-ring (bicyclic) bond motifs is 2. The maximum atomic E-state index is 12.1. The molecule has 1 saturated carbocycles. The maximum absolute atomic E-state index is 12.1. The predicted molar refractivity (Wildman–Crippen MR) is 175 cm³/mol. The van der Waals surface area contributed by atoms with Gasteiger partial charge < -0.3 is 9.64 Å². The average molecular weight is 625 g/mol. The molecule has 3 fully saturated rings. The number of aromatic nitrogens is 6. The van der Waals surface area contributed by atoms with Crippen LogP contribution in [0.25, 0.3) is 44.2 Å². The molecule has 2 aliphatic heterocycles. The van der Waals surface area contributed by atoms with Crippen molar-refractivity contribution in [2.75, 3.05) is 39.8 Å². The van der Waals surface area contributed by atoms with Crippen LogP contribution in [0.3, 0.4) is 0 Å². The molecule has 8 rings (SSSR count). The van der Waals surface area contributed by atoms with Crippen molar-refractivity contribution in [3.63, 3.8) is 0 Å². The minimum absolute atomic E-state index is 0.0149. The maximum Gasteiger partial charge on any atom is 0.245 e. The number of carbonyl (C=O) groups is 1. The molecule has 0 atom stereocenters. The Morgan fingerprint density at radius 1 is 1.16 bits per heavy atom. The molecule has 1 N–H and O–H groups in total. The number of amides is 1. The highest BCUT2D eigenvalue weighted by molar-refractivity contribution is 6.36. The third-order valence-corrected chi connectivity index (χ3v) is 10.7. The van der Waals surface area contributed by atoms with Crippen LogP contribution in [0, 0.1) is 19.3 Å². The quantitative estimate of drug-likeness (QED) is 0.233. The molecule has 0 bridgehead atoms. The molecule has 232 valence electrons. The van der Waals surface area contributed by atoms with Gasteiger partial charge in [-0.3, -0.25) is 24.2 Å². The van der Waals surface area contributed by atoms with Crippen LogP contribution >= 0.6 is 11.6 Å². The molecule has 11 heteroatoms. The van der Waals surface area contributed by atoms with Gasteiger partial charge in [-0.05, 0) is 56.5 Å². The first-order valence-corrected chi connectivity index (χ1v) is 16.0. The van der Waals surface area contributed by atoms with Crippen LogP contribution in [0.4, 0.5) is 0 Å². The molecular formula is C34H37ClN8O2. The summed E-state index contributed by atoms with van der Waals surface area (Å²) in [6, 6.07) is 8.71. The summed E-state index contributed by atoms with van der Waals surface area (Å²) in [5, 5.41) is 20.4. The molecule has 5 heterocycles. The number of aromatic amines is 1. The van der Waals surface area contributed by atoms with Crippen LogP contribution in [0.2, 0.25) is 5.02 Å². The highest BCUT2D eigenvalue weighted by Crippen LogP contribution is 2.55. The van der Waals surface area contributed by atoms with Crippen molar-refractivity contribution in [1.29, 1.82) is 0 Å². The first kappa shape index (κ1) is 28.5. The SMILES string of the molecule is C=CC(=O)N1CC2(CC(n3nc(-c4ccc5nn(CCN6CC(OC)C6)cc5c4)c(-c4c(Cl)c(C)cc5[nH]ncc45)c3C)C2)C1. The second-order valence-electron chi connectivity index (χ2n) is 13.2. The number of halogens is 1. The Balaban J connectivity index is 1.16. The summed E-state index contributed by atoms with van der Waals surface area (Å²) in [5.41, 5.74) is 8.08. The van der Waals surface area contributed by atoms with Gasteiger partial charge in [-0.2, -0.15) is 15.3 Å². The Hall–Kier alpha value is -3.99. The molecule has 45 heavy (non-hydrogen) atoms. The highest BCUT2D eigenvalue weighted by Gasteiger charge is 2.54. The van der Waals surface area contributed by atoms with E-state index in [2.05, 4.69) is 57.7 Å². The largest absolute Gasteiger partial charge is 0.379 e. The summed E-state index contributed by atoms with van der Waals surface area (Å²) in [7, 11) is 1.78. The third kappa shape index (κ3) is 4.61. The van der Waals surface area contributed by atoms with Crippen molar-refractivity contribution in [3.05, 3.63) is 65.6 Å². The lowest BCUT2D eigenvalue weighted by Gasteiger charge is -2.58. The van der Waals surface area contributed by atoms with Crippen molar-refractivity contribution >= 4 is 39.3 Å². The minimum Gasteiger partial charge on any atom is -0.379 e. The zero-order valence-corrected chi connectivity index (χ0v) is 26.6. The summed E-state index contributed by atoms with van der Waals surface area (Å²) in [4.78, 5) is 16.4. The number of nitrogens with zero attached hydrogens (tertiary/aromatic N) is 7. The van der Waals surface area contributed by atoms with Crippen LogP contribution in [0.15, 0.2) is 49.3 Å². The Labute approximate surface area is 266 Å². The van der Waals surface area contributed by atoms with Crippen molar-refractivity contribution in [1.82, 2.24) is 39.6 Å². The van der Waals surface area contributed by atoms with E-state index in [-0.39, 0.29) is 17.4 Å². The van der Waals surface area contributed by atoms with Gasteiger partial charge in [-0.1, -0.05) is 24.2 Å². The van der Waals surface area contributed by atoms with Crippen LogP contribution in [-0.2, 0) is 16.1 Å². The van der Waals surface area contributed by atoms with E-state index in [1.807, 2.05) is 28.8 Å². The van der Waals surface area contributed by atoms with Gasteiger partial charge >= 0.3 is 0 Å². The number of nitrogens with one attached hydrogen (secondary N) is 1. The van der Waals surface area contributed by atoms with Gasteiger partial charge in [0.05, 0.1) is 40.9 Å². The van der Waals surface area contributed by atoms with Gasteiger partial charge in [0.25, 0.3) is 0 Å². The number of likely N-dealkylation sites (tertiary alicyclic amines) is 2. The smallest absolute Gasteiger partial charge is 0.245 e. The lowest BCUT2D eigenvalue weighted by molar-refractivity contribution is -0.149. The molecule has 0 radical (unpaired) electrons. The van der Waals surface area contributed by atoms with Crippen molar-refractivity contribution in [2.24, 2.45) is 5.41 Å². The molecule has 10 nitrogen and oxygen atoms in total. The fraction of sp³-hybridized carbons (Fsp3) is 0.412. The standard InChI is InChI=1S/C34H37ClN8O2/c1-5-29(44)41-18-34(19-41)12-24(13-34)43-21(3)30(31-26-14-36-37-28(26)10-20(2)32(31)35)33(39-43)22-6-7-27-23(11-22)15-42(38-27)9-8-40-16-25(17-40)45-4/h5-7,10-11,14-15,24-25H,1,8-9,12-13,16-19H2,2-4H3,(H,36,37). The number of hydrogen-bond donors (Lipinski definition) is 1. The summed E-state index contributed by atoms with van der Waals surface area (Å²) >= 11 is 7.11. The average Bonchev–Trinajstić information content (AvgIpc) is 3.68. The number of hydrogen-bond acceptors (Lipinski definition) is 6. The predicted octanol–water partition coefficient (Wildman–Crippen LogP) is 5.39. The lowest BCUT2D eigenvalue weighted by Crippen LogP contribution is -2.63.